The predicted molar refractivity (Wildman–Crippen MR) is 98.0 cm³/mol. The molecule has 3 rings (SSSR count). The van der Waals surface area contributed by atoms with Crippen molar-refractivity contribution in [3.63, 3.8) is 0 Å². The van der Waals surface area contributed by atoms with E-state index in [1.54, 1.807) is 23.2 Å². The van der Waals surface area contributed by atoms with Gasteiger partial charge in [-0.2, -0.15) is 13.2 Å². The van der Waals surface area contributed by atoms with Gasteiger partial charge in [0.1, 0.15) is 5.01 Å². The molecule has 0 bridgehead atoms. The fourth-order valence-electron chi connectivity index (χ4n) is 3.59. The average molecular weight is 436 g/mol. The van der Waals surface area contributed by atoms with Gasteiger partial charge in [-0.05, 0) is 0 Å². The lowest BCUT2D eigenvalue weighted by Crippen LogP contribution is -2.43. The molecule has 0 aliphatic carbocycles. The summed E-state index contributed by atoms with van der Waals surface area (Å²) in [5, 5.41) is 10.2. The number of nitrogens with zero attached hydrogens (tertiary/aromatic N) is 4. The number of amides is 2. The Bertz CT molecular complexity index is 744. The summed E-state index contributed by atoms with van der Waals surface area (Å²) in [7, 11) is 1.85. The Balaban J connectivity index is 0.000000370. The summed E-state index contributed by atoms with van der Waals surface area (Å²) in [6, 6.07) is 0. The highest BCUT2D eigenvalue weighted by molar-refractivity contribution is 7.09. The Kier molecular flexibility index (Phi) is 7.22. The lowest BCUT2D eigenvalue weighted by Gasteiger charge is -2.33. The summed E-state index contributed by atoms with van der Waals surface area (Å²) in [6.07, 6.45) is -2.73. The lowest BCUT2D eigenvalue weighted by molar-refractivity contribution is -0.192. The zero-order valence-electron chi connectivity index (χ0n) is 16.1. The smallest absolute Gasteiger partial charge is 0.475 e. The van der Waals surface area contributed by atoms with Crippen LogP contribution in [-0.4, -0.2) is 88.5 Å². The number of aromatic nitrogens is 1. The average Bonchev–Trinajstić information content (AvgIpc) is 3.14. The molecule has 2 amide bonds. The molecule has 1 spiro atoms. The summed E-state index contributed by atoms with van der Waals surface area (Å²) >= 11 is 1.65. The van der Waals surface area contributed by atoms with Crippen molar-refractivity contribution in [2.24, 2.45) is 5.41 Å². The zero-order valence-corrected chi connectivity index (χ0v) is 16.9. The third-order valence-corrected chi connectivity index (χ3v) is 5.59. The third-order valence-electron chi connectivity index (χ3n) is 4.83. The number of carboxylic acids is 1. The molecule has 2 aliphatic rings. The molecule has 29 heavy (non-hydrogen) atoms. The van der Waals surface area contributed by atoms with E-state index in [4.69, 9.17) is 9.90 Å². The van der Waals surface area contributed by atoms with Crippen molar-refractivity contribution in [3.8, 4) is 0 Å². The van der Waals surface area contributed by atoms with Crippen LogP contribution < -0.4 is 0 Å². The molecule has 12 heteroatoms. The maximum Gasteiger partial charge on any atom is 0.490 e. The standard InChI is InChI=1S/C15H22N4O2S.C2HF3O2/c1-12(20)19-5-4-18(8-13-16-3-6-22-13)10-15(11-19)7-14(21)17(2)9-15;3-2(4,5)1(6)7/h3,6H,4-5,7-11H2,1-2H3;(H,6,7). The number of hydrogen-bond donors (Lipinski definition) is 1. The first-order valence-electron chi connectivity index (χ1n) is 8.82. The minimum absolute atomic E-state index is 0.0949. The van der Waals surface area contributed by atoms with Gasteiger partial charge in [0, 0.05) is 70.1 Å². The molecule has 0 saturated carbocycles. The summed E-state index contributed by atoms with van der Waals surface area (Å²) < 4.78 is 31.7. The van der Waals surface area contributed by atoms with Crippen molar-refractivity contribution >= 4 is 29.1 Å². The summed E-state index contributed by atoms with van der Waals surface area (Å²) in [5.74, 6) is -2.48. The van der Waals surface area contributed by atoms with Gasteiger partial charge in [0.05, 0.1) is 6.54 Å². The van der Waals surface area contributed by atoms with Gasteiger partial charge in [0.15, 0.2) is 0 Å². The van der Waals surface area contributed by atoms with Crippen LogP contribution >= 0.6 is 11.3 Å². The van der Waals surface area contributed by atoms with Crippen LogP contribution in [0, 0.1) is 5.41 Å². The summed E-state index contributed by atoms with van der Waals surface area (Å²) in [5.41, 5.74) is -0.148. The molecule has 2 aliphatic heterocycles. The second-order valence-corrected chi connectivity index (χ2v) is 8.29. The second-order valence-electron chi connectivity index (χ2n) is 7.31. The number of thiazole rings is 1. The number of aliphatic carboxylic acids is 1. The van der Waals surface area contributed by atoms with Crippen LogP contribution in [0.25, 0.3) is 0 Å². The van der Waals surface area contributed by atoms with Crippen molar-refractivity contribution < 1.29 is 32.7 Å². The number of halogens is 3. The van der Waals surface area contributed by atoms with Gasteiger partial charge in [0.25, 0.3) is 0 Å². The lowest BCUT2D eigenvalue weighted by atomic mass is 9.86. The second kappa shape index (κ2) is 9.08. The first-order valence-corrected chi connectivity index (χ1v) is 9.70. The van der Waals surface area contributed by atoms with E-state index in [9.17, 15) is 22.8 Å². The van der Waals surface area contributed by atoms with E-state index in [1.807, 2.05) is 23.5 Å². The Hall–Kier alpha value is -2.21. The van der Waals surface area contributed by atoms with Gasteiger partial charge < -0.3 is 14.9 Å². The number of carbonyl (C=O) groups excluding carboxylic acids is 2. The molecule has 2 fully saturated rings. The highest BCUT2D eigenvalue weighted by Gasteiger charge is 2.45. The highest BCUT2D eigenvalue weighted by Crippen LogP contribution is 2.34. The highest BCUT2D eigenvalue weighted by atomic mass is 32.1. The Morgan fingerprint density at radius 3 is 2.38 bits per heavy atom. The van der Waals surface area contributed by atoms with Crippen LogP contribution in [0.2, 0.25) is 0 Å². The van der Waals surface area contributed by atoms with Crippen molar-refractivity contribution in [3.05, 3.63) is 16.6 Å². The number of carboxylic acid groups (broad SMARTS) is 1. The van der Waals surface area contributed by atoms with E-state index in [2.05, 4.69) is 9.88 Å². The maximum absolute atomic E-state index is 12.1. The Morgan fingerprint density at radius 2 is 1.93 bits per heavy atom. The van der Waals surface area contributed by atoms with Crippen LogP contribution in [0.15, 0.2) is 11.6 Å². The van der Waals surface area contributed by atoms with Crippen LogP contribution in [-0.2, 0) is 20.9 Å². The van der Waals surface area contributed by atoms with Crippen molar-refractivity contribution in [2.75, 3.05) is 39.8 Å². The van der Waals surface area contributed by atoms with E-state index in [-0.39, 0.29) is 17.2 Å². The molecule has 8 nitrogen and oxygen atoms in total. The quantitative estimate of drug-likeness (QED) is 0.751. The van der Waals surface area contributed by atoms with Crippen molar-refractivity contribution in [1.82, 2.24) is 19.7 Å². The van der Waals surface area contributed by atoms with Gasteiger partial charge in [0.2, 0.25) is 11.8 Å². The summed E-state index contributed by atoms with van der Waals surface area (Å²) in [4.78, 5) is 43.2. The molecule has 1 aromatic heterocycles. The number of hydrogen-bond acceptors (Lipinski definition) is 6. The molecule has 1 N–H and O–H groups in total. The van der Waals surface area contributed by atoms with E-state index in [0.29, 0.717) is 13.0 Å². The molecule has 1 unspecified atom stereocenters. The molecule has 0 aromatic carbocycles. The molecule has 3 heterocycles. The first-order chi connectivity index (χ1) is 13.4. The topological polar surface area (TPSA) is 94.1 Å². The van der Waals surface area contributed by atoms with Crippen LogP contribution in [0.4, 0.5) is 13.2 Å². The van der Waals surface area contributed by atoms with Gasteiger partial charge >= 0.3 is 12.1 Å². The van der Waals surface area contributed by atoms with E-state index in [0.717, 1.165) is 37.7 Å². The van der Waals surface area contributed by atoms with Crippen LogP contribution in [0.5, 0.6) is 0 Å². The normalized spacial score (nSPS) is 23.0. The minimum Gasteiger partial charge on any atom is -0.475 e. The Morgan fingerprint density at radius 1 is 1.28 bits per heavy atom. The summed E-state index contributed by atoms with van der Waals surface area (Å²) in [6.45, 7) is 6.20. The molecule has 2 saturated heterocycles. The molecule has 1 atom stereocenters. The van der Waals surface area contributed by atoms with Gasteiger partial charge in [-0.15, -0.1) is 11.3 Å². The third kappa shape index (κ3) is 6.39. The largest absolute Gasteiger partial charge is 0.490 e. The van der Waals surface area contributed by atoms with Gasteiger partial charge in [-0.1, -0.05) is 0 Å². The monoisotopic (exact) mass is 436 g/mol. The van der Waals surface area contributed by atoms with E-state index in [1.165, 1.54) is 0 Å². The fraction of sp³-hybridized carbons (Fsp3) is 0.647. The van der Waals surface area contributed by atoms with Gasteiger partial charge in [-0.25, -0.2) is 9.78 Å². The van der Waals surface area contributed by atoms with E-state index >= 15 is 0 Å². The number of rotatable bonds is 2. The number of alkyl halides is 3. The molecular weight excluding hydrogens is 413 g/mol. The minimum atomic E-state index is -5.08. The zero-order chi connectivity index (χ0) is 21.8. The molecule has 1 aromatic rings. The predicted octanol–water partition coefficient (Wildman–Crippen LogP) is 1.29. The fourth-order valence-corrected chi connectivity index (χ4v) is 4.25. The first kappa shape index (κ1) is 23.1. The SMILES string of the molecule is CC(=O)N1CCN(Cc2nccs2)CC2(CC(=O)N(C)C2)C1.O=C(O)C(F)(F)F. The van der Waals surface area contributed by atoms with Gasteiger partial charge in [-0.3, -0.25) is 14.5 Å². The van der Waals surface area contributed by atoms with Crippen molar-refractivity contribution in [2.45, 2.75) is 26.1 Å². The van der Waals surface area contributed by atoms with E-state index < -0.39 is 12.1 Å². The van der Waals surface area contributed by atoms with Crippen molar-refractivity contribution in [1.29, 1.82) is 0 Å². The molecular formula is C17H23F3N4O4S. The number of carbonyl (C=O) groups is 3. The molecule has 162 valence electrons. The number of likely N-dealkylation sites (tertiary alicyclic amines) is 1. The maximum atomic E-state index is 12.1. The molecule has 0 radical (unpaired) electrons. The van der Waals surface area contributed by atoms with Crippen LogP contribution in [0.1, 0.15) is 18.4 Å². The Labute approximate surface area is 169 Å². The van der Waals surface area contributed by atoms with Crippen LogP contribution in [0.3, 0.4) is 0 Å².